The lowest BCUT2D eigenvalue weighted by Gasteiger charge is -2.50. The fourth-order valence-electron chi connectivity index (χ4n) is 7.55. The number of carbonyl (C=O) groups is 3. The number of hydrogen-bond donors (Lipinski definition) is 1. The van der Waals surface area contributed by atoms with Gasteiger partial charge in [-0.05, 0) is 19.1 Å². The van der Waals surface area contributed by atoms with Crippen molar-refractivity contribution < 1.29 is 23.9 Å². The van der Waals surface area contributed by atoms with Crippen LogP contribution in [-0.4, -0.2) is 58.1 Å². The summed E-state index contributed by atoms with van der Waals surface area (Å²) in [5.74, 6) is -0.847. The molecule has 3 amide bonds. The Balaban J connectivity index is 1.67. The highest BCUT2D eigenvalue weighted by Crippen LogP contribution is 2.54. The molecule has 0 spiro atoms. The highest BCUT2D eigenvalue weighted by molar-refractivity contribution is 6.39. The predicted molar refractivity (Wildman–Crippen MR) is 146 cm³/mol. The van der Waals surface area contributed by atoms with Gasteiger partial charge in [-0.15, -0.1) is 0 Å². The summed E-state index contributed by atoms with van der Waals surface area (Å²) >= 11 is 0. The molecule has 2 aromatic heterocycles. The first-order chi connectivity index (χ1) is 18.8. The monoisotopic (exact) mass is 522 g/mol. The van der Waals surface area contributed by atoms with E-state index in [1.165, 1.54) is 0 Å². The number of hydrogen-bond acceptors (Lipinski definition) is 5. The Bertz CT molecular complexity index is 1970. The minimum Gasteiger partial charge on any atom is -0.374 e. The summed E-state index contributed by atoms with van der Waals surface area (Å²) in [6, 6.07) is 15.5. The summed E-state index contributed by atoms with van der Waals surface area (Å²) < 4.78 is 17.5. The number of benzene rings is 3. The average molecular weight is 523 g/mol. The van der Waals surface area contributed by atoms with Gasteiger partial charge in [-0.2, -0.15) is 0 Å². The lowest BCUT2D eigenvalue weighted by Crippen LogP contribution is -2.61. The lowest BCUT2D eigenvalue weighted by molar-refractivity contribution is -0.266. The Morgan fingerprint density at radius 1 is 1.00 bits per heavy atom. The molecule has 1 N–H and O–H groups in total. The van der Waals surface area contributed by atoms with Crippen molar-refractivity contribution in [3.8, 4) is 0 Å². The molecule has 2 bridgehead atoms. The fraction of sp³-hybridized carbons (Fsp3) is 0.300. The van der Waals surface area contributed by atoms with Gasteiger partial charge in [-0.25, -0.2) is 0 Å². The molecule has 0 aliphatic carbocycles. The van der Waals surface area contributed by atoms with Crippen LogP contribution in [0.25, 0.3) is 43.6 Å². The zero-order valence-corrected chi connectivity index (χ0v) is 21.9. The summed E-state index contributed by atoms with van der Waals surface area (Å²) in [6.07, 6.45) is -0.489. The van der Waals surface area contributed by atoms with Crippen molar-refractivity contribution >= 4 is 61.3 Å². The maximum absolute atomic E-state index is 13.4. The van der Waals surface area contributed by atoms with Crippen molar-refractivity contribution in [2.75, 3.05) is 14.2 Å². The van der Waals surface area contributed by atoms with Gasteiger partial charge in [-0.1, -0.05) is 36.4 Å². The van der Waals surface area contributed by atoms with E-state index in [1.54, 1.807) is 26.0 Å². The van der Waals surface area contributed by atoms with Gasteiger partial charge in [-0.3, -0.25) is 19.7 Å². The van der Waals surface area contributed by atoms with E-state index in [0.29, 0.717) is 17.5 Å². The fourth-order valence-corrected chi connectivity index (χ4v) is 7.55. The molecule has 9 nitrogen and oxygen atoms in total. The van der Waals surface area contributed by atoms with Gasteiger partial charge in [0.2, 0.25) is 5.91 Å². The van der Waals surface area contributed by atoms with Crippen LogP contribution >= 0.6 is 0 Å². The standard InChI is InChI=1S/C30H26N4O5/c1-14(35)32(3)19-13-20-33-17-11-7-5-9-15(17)21-23-24(29(37)31-28(23)36)22-16-10-6-8-12-18(16)34(26(22)25(21)33)30(2,39-20)27(19)38-4/h5-12,19-20,27H,13H2,1-4H3,(H,31,36,37)/t19-,20-,27-,30+/m1/s1. The largest absolute Gasteiger partial charge is 0.374 e. The van der Waals surface area contributed by atoms with Crippen LogP contribution in [0.4, 0.5) is 0 Å². The molecule has 5 aromatic rings. The Labute approximate surface area is 222 Å². The number of para-hydroxylation sites is 2. The summed E-state index contributed by atoms with van der Waals surface area (Å²) in [4.78, 5) is 41.2. The van der Waals surface area contributed by atoms with Crippen LogP contribution in [-0.2, 0) is 20.0 Å². The first-order valence-corrected chi connectivity index (χ1v) is 13.1. The third kappa shape index (κ3) is 2.50. The van der Waals surface area contributed by atoms with Crippen molar-refractivity contribution in [1.29, 1.82) is 0 Å². The van der Waals surface area contributed by atoms with Crippen LogP contribution in [0.3, 0.4) is 0 Å². The molecule has 9 heteroatoms. The third-order valence-electron chi connectivity index (χ3n) is 9.12. The zero-order valence-electron chi connectivity index (χ0n) is 21.9. The zero-order chi connectivity index (χ0) is 27.0. The lowest BCUT2D eigenvalue weighted by atomic mass is 9.91. The smallest absolute Gasteiger partial charge is 0.259 e. The summed E-state index contributed by atoms with van der Waals surface area (Å²) in [5.41, 5.74) is 3.19. The van der Waals surface area contributed by atoms with Gasteiger partial charge in [0, 0.05) is 49.0 Å². The van der Waals surface area contributed by atoms with E-state index in [2.05, 4.69) is 14.5 Å². The number of rotatable bonds is 2. The number of imide groups is 1. The quantitative estimate of drug-likeness (QED) is 0.350. The minimum absolute atomic E-state index is 0.0620. The summed E-state index contributed by atoms with van der Waals surface area (Å²) in [5, 5.41) is 5.77. The molecular formula is C30H26N4O5. The van der Waals surface area contributed by atoms with Gasteiger partial charge >= 0.3 is 0 Å². The molecule has 39 heavy (non-hydrogen) atoms. The van der Waals surface area contributed by atoms with E-state index < -0.39 is 24.0 Å². The van der Waals surface area contributed by atoms with Gasteiger partial charge in [0.1, 0.15) is 12.3 Å². The topological polar surface area (TPSA) is 94.8 Å². The van der Waals surface area contributed by atoms with Crippen molar-refractivity contribution in [2.45, 2.75) is 44.4 Å². The number of likely N-dealkylation sites (N-methyl/N-ethyl adjacent to an activating group) is 1. The molecule has 1 saturated heterocycles. The van der Waals surface area contributed by atoms with Crippen LogP contribution in [0, 0.1) is 0 Å². The van der Waals surface area contributed by atoms with Crippen LogP contribution < -0.4 is 5.32 Å². The number of nitrogens with zero attached hydrogens (tertiary/aromatic N) is 3. The normalized spacial score (nSPS) is 25.6. The molecule has 3 aliphatic heterocycles. The molecule has 4 atom stereocenters. The van der Waals surface area contributed by atoms with E-state index in [0.717, 1.165) is 43.6 Å². The minimum atomic E-state index is -1.05. The molecule has 3 aromatic carbocycles. The van der Waals surface area contributed by atoms with Gasteiger partial charge in [0.25, 0.3) is 11.8 Å². The number of ether oxygens (including phenoxy) is 2. The molecule has 196 valence electrons. The number of fused-ring (bicyclic) bond motifs is 13. The molecule has 8 rings (SSSR count). The molecule has 3 aliphatic rings. The number of nitrogens with one attached hydrogen (secondary N) is 1. The van der Waals surface area contributed by atoms with Crippen LogP contribution in [0.15, 0.2) is 48.5 Å². The molecule has 0 saturated carbocycles. The van der Waals surface area contributed by atoms with E-state index >= 15 is 0 Å². The van der Waals surface area contributed by atoms with Crippen molar-refractivity contribution in [3.05, 3.63) is 59.7 Å². The van der Waals surface area contributed by atoms with Crippen LogP contribution in [0.1, 0.15) is 47.2 Å². The van der Waals surface area contributed by atoms with Crippen LogP contribution in [0.5, 0.6) is 0 Å². The van der Waals surface area contributed by atoms with E-state index in [9.17, 15) is 14.4 Å². The highest BCUT2D eigenvalue weighted by atomic mass is 16.6. The second kappa shape index (κ2) is 7.25. The molecule has 0 unspecified atom stereocenters. The van der Waals surface area contributed by atoms with Gasteiger partial charge < -0.3 is 23.5 Å². The summed E-state index contributed by atoms with van der Waals surface area (Å²) in [6.45, 7) is 3.56. The number of amides is 3. The van der Waals surface area contributed by atoms with E-state index in [-0.39, 0.29) is 17.9 Å². The molecule has 5 heterocycles. The second-order valence-electron chi connectivity index (χ2n) is 10.9. The predicted octanol–water partition coefficient (Wildman–Crippen LogP) is 4.25. The van der Waals surface area contributed by atoms with Gasteiger partial charge in [0.15, 0.2) is 5.72 Å². The third-order valence-corrected chi connectivity index (χ3v) is 9.12. The summed E-state index contributed by atoms with van der Waals surface area (Å²) in [7, 11) is 3.45. The van der Waals surface area contributed by atoms with E-state index in [1.807, 2.05) is 55.5 Å². The number of carbonyl (C=O) groups excluding carboxylic acids is 3. The number of aromatic nitrogens is 2. The van der Waals surface area contributed by atoms with Crippen molar-refractivity contribution in [1.82, 2.24) is 19.4 Å². The SMILES string of the molecule is CO[C@@H]1[C@H](N(C)C(C)=O)C[C@H]2O[C@]1(C)n1c3ccccc3c3c4c(c5c6ccccc6n2c5c31)C(=O)NC4=O. The maximum atomic E-state index is 13.4. The Morgan fingerprint density at radius 3 is 2.23 bits per heavy atom. The Hall–Kier alpha value is -4.21. The molecular weight excluding hydrogens is 496 g/mol. The van der Waals surface area contributed by atoms with E-state index in [4.69, 9.17) is 9.47 Å². The van der Waals surface area contributed by atoms with Crippen molar-refractivity contribution in [3.63, 3.8) is 0 Å². The molecule has 0 radical (unpaired) electrons. The maximum Gasteiger partial charge on any atom is 0.259 e. The Kier molecular flexibility index (Phi) is 4.23. The van der Waals surface area contributed by atoms with Gasteiger partial charge in [0.05, 0.1) is 39.2 Å². The van der Waals surface area contributed by atoms with Crippen LogP contribution in [0.2, 0.25) is 0 Å². The highest BCUT2D eigenvalue weighted by Gasteiger charge is 2.55. The first kappa shape index (κ1) is 22.7. The first-order valence-electron chi connectivity index (χ1n) is 13.1. The Morgan fingerprint density at radius 2 is 1.59 bits per heavy atom. The van der Waals surface area contributed by atoms with Crippen molar-refractivity contribution in [2.24, 2.45) is 0 Å². The molecule has 1 fully saturated rings. The number of methoxy groups -OCH3 is 1. The second-order valence-corrected chi connectivity index (χ2v) is 10.9. The average Bonchev–Trinajstić information content (AvgIpc) is 3.52.